The Labute approximate surface area is 101 Å². The number of rotatable bonds is 4. The molecule has 0 spiro atoms. The van der Waals surface area contributed by atoms with Gasteiger partial charge >= 0.3 is 0 Å². The molecular formula is C12H16N4O. The Kier molecular flexibility index (Phi) is 3.69. The number of carbonyl (C=O) groups excluding carboxylic acids is 1. The van der Waals surface area contributed by atoms with E-state index in [9.17, 15) is 4.79 Å². The van der Waals surface area contributed by atoms with Gasteiger partial charge in [0.1, 0.15) is 0 Å². The zero-order valence-corrected chi connectivity index (χ0v) is 9.72. The molecule has 1 aromatic heterocycles. The predicted molar refractivity (Wildman–Crippen MR) is 65.9 cm³/mol. The van der Waals surface area contributed by atoms with E-state index in [4.69, 9.17) is 0 Å². The molecule has 0 aromatic carbocycles. The molecular weight excluding hydrogens is 216 g/mol. The van der Waals surface area contributed by atoms with Crippen LogP contribution < -0.4 is 5.32 Å². The monoisotopic (exact) mass is 232 g/mol. The quantitative estimate of drug-likeness (QED) is 0.795. The van der Waals surface area contributed by atoms with Gasteiger partial charge in [-0.15, -0.1) is 6.58 Å². The Morgan fingerprint density at radius 3 is 2.65 bits per heavy atom. The lowest BCUT2D eigenvalue weighted by atomic mass is 10.3. The largest absolute Gasteiger partial charge is 0.351 e. The Balaban J connectivity index is 2.01. The van der Waals surface area contributed by atoms with Gasteiger partial charge in [0, 0.05) is 32.0 Å². The first-order valence-electron chi connectivity index (χ1n) is 5.77. The van der Waals surface area contributed by atoms with Gasteiger partial charge in [0.15, 0.2) is 0 Å². The van der Waals surface area contributed by atoms with Crippen molar-refractivity contribution in [2.45, 2.75) is 12.8 Å². The Hall–Kier alpha value is -1.91. The average molecular weight is 232 g/mol. The van der Waals surface area contributed by atoms with Crippen molar-refractivity contribution < 1.29 is 4.79 Å². The zero-order chi connectivity index (χ0) is 12.1. The highest BCUT2D eigenvalue weighted by molar-refractivity contribution is 5.93. The number of nitrogens with one attached hydrogen (secondary N) is 1. The van der Waals surface area contributed by atoms with Crippen molar-refractivity contribution in [1.29, 1.82) is 0 Å². The summed E-state index contributed by atoms with van der Waals surface area (Å²) in [6.45, 7) is 5.89. The summed E-state index contributed by atoms with van der Waals surface area (Å²) in [7, 11) is 0. The van der Waals surface area contributed by atoms with Crippen molar-refractivity contribution in [2.75, 3.05) is 25.0 Å². The minimum atomic E-state index is 0.0257. The van der Waals surface area contributed by atoms with Gasteiger partial charge in [-0.3, -0.25) is 4.79 Å². The van der Waals surface area contributed by atoms with Crippen LogP contribution in [0.3, 0.4) is 0 Å². The van der Waals surface area contributed by atoms with Crippen LogP contribution in [-0.2, 0) is 0 Å². The lowest BCUT2D eigenvalue weighted by Gasteiger charge is -2.14. The Morgan fingerprint density at radius 1 is 1.41 bits per heavy atom. The van der Waals surface area contributed by atoms with Crippen LogP contribution in [0.25, 0.3) is 0 Å². The van der Waals surface area contributed by atoms with Gasteiger partial charge in [-0.05, 0) is 12.8 Å². The molecule has 1 N–H and O–H groups in total. The summed E-state index contributed by atoms with van der Waals surface area (Å²) in [5, 5.41) is 2.96. The molecule has 1 aliphatic rings. The highest BCUT2D eigenvalue weighted by Crippen LogP contribution is 2.12. The third-order valence-corrected chi connectivity index (χ3v) is 2.70. The van der Waals surface area contributed by atoms with E-state index in [0.717, 1.165) is 25.9 Å². The van der Waals surface area contributed by atoms with E-state index >= 15 is 0 Å². The van der Waals surface area contributed by atoms with Crippen molar-refractivity contribution >= 4 is 11.9 Å². The maximum atomic E-state index is 12.0. The molecule has 0 unspecified atom stereocenters. The minimum Gasteiger partial charge on any atom is -0.351 e. The van der Waals surface area contributed by atoms with Gasteiger partial charge in [0.25, 0.3) is 5.91 Å². The molecule has 2 rings (SSSR count). The van der Waals surface area contributed by atoms with E-state index in [1.165, 1.54) is 0 Å². The molecule has 1 amide bonds. The number of hydrogen-bond acceptors (Lipinski definition) is 4. The SMILES string of the molecule is C=CCNc1ncc(C(=O)N2CCCC2)cn1. The standard InChI is InChI=1S/C12H16N4O/c1-2-5-13-12-14-8-10(9-15-12)11(17)16-6-3-4-7-16/h2,8-9H,1,3-7H2,(H,13,14,15). The van der Waals surface area contributed by atoms with Gasteiger partial charge in [-0.1, -0.05) is 6.08 Å². The number of amides is 1. The molecule has 1 saturated heterocycles. The molecule has 0 aliphatic carbocycles. The molecule has 5 heteroatoms. The number of anilines is 1. The van der Waals surface area contributed by atoms with Gasteiger partial charge in [0.05, 0.1) is 5.56 Å². The zero-order valence-electron chi connectivity index (χ0n) is 9.72. The van der Waals surface area contributed by atoms with Crippen molar-refractivity contribution in [3.63, 3.8) is 0 Å². The van der Waals surface area contributed by atoms with E-state index in [1.807, 2.05) is 4.90 Å². The first-order chi connectivity index (χ1) is 8.31. The maximum Gasteiger partial charge on any atom is 0.256 e. The summed E-state index contributed by atoms with van der Waals surface area (Å²) in [4.78, 5) is 22.0. The second-order valence-corrected chi connectivity index (χ2v) is 3.96. The molecule has 5 nitrogen and oxygen atoms in total. The average Bonchev–Trinajstić information content (AvgIpc) is 2.90. The summed E-state index contributed by atoms with van der Waals surface area (Å²) in [5.74, 6) is 0.542. The number of carbonyl (C=O) groups is 1. The molecule has 1 aliphatic heterocycles. The van der Waals surface area contributed by atoms with Crippen molar-refractivity contribution in [3.05, 3.63) is 30.6 Å². The van der Waals surface area contributed by atoms with E-state index in [2.05, 4.69) is 21.9 Å². The van der Waals surface area contributed by atoms with Crippen LogP contribution in [0.15, 0.2) is 25.0 Å². The van der Waals surface area contributed by atoms with Crippen LogP contribution in [0.1, 0.15) is 23.2 Å². The highest BCUT2D eigenvalue weighted by Gasteiger charge is 2.19. The molecule has 0 radical (unpaired) electrons. The number of hydrogen-bond donors (Lipinski definition) is 1. The van der Waals surface area contributed by atoms with Gasteiger partial charge in [-0.25, -0.2) is 9.97 Å². The van der Waals surface area contributed by atoms with Crippen molar-refractivity contribution in [3.8, 4) is 0 Å². The van der Waals surface area contributed by atoms with Crippen LogP contribution in [0.2, 0.25) is 0 Å². The fourth-order valence-corrected chi connectivity index (χ4v) is 1.80. The molecule has 0 atom stereocenters. The summed E-state index contributed by atoms with van der Waals surface area (Å²) in [5.41, 5.74) is 0.552. The van der Waals surface area contributed by atoms with E-state index < -0.39 is 0 Å². The molecule has 0 bridgehead atoms. The maximum absolute atomic E-state index is 12.0. The Bertz CT molecular complexity index is 395. The van der Waals surface area contributed by atoms with Crippen molar-refractivity contribution in [1.82, 2.24) is 14.9 Å². The van der Waals surface area contributed by atoms with E-state index in [1.54, 1.807) is 18.5 Å². The summed E-state index contributed by atoms with van der Waals surface area (Å²) < 4.78 is 0. The smallest absolute Gasteiger partial charge is 0.256 e. The topological polar surface area (TPSA) is 58.1 Å². The van der Waals surface area contributed by atoms with Crippen LogP contribution >= 0.6 is 0 Å². The second-order valence-electron chi connectivity index (χ2n) is 3.96. The first-order valence-corrected chi connectivity index (χ1v) is 5.77. The number of nitrogens with zero attached hydrogens (tertiary/aromatic N) is 3. The molecule has 17 heavy (non-hydrogen) atoms. The predicted octanol–water partition coefficient (Wildman–Crippen LogP) is 1.31. The van der Waals surface area contributed by atoms with E-state index in [0.29, 0.717) is 18.1 Å². The second kappa shape index (κ2) is 5.43. The third kappa shape index (κ3) is 2.81. The summed E-state index contributed by atoms with van der Waals surface area (Å²) in [6.07, 6.45) is 7.04. The summed E-state index contributed by atoms with van der Waals surface area (Å²) in [6, 6.07) is 0. The number of likely N-dealkylation sites (tertiary alicyclic amines) is 1. The Morgan fingerprint density at radius 2 is 2.06 bits per heavy atom. The molecule has 1 aromatic rings. The lowest BCUT2D eigenvalue weighted by molar-refractivity contribution is 0.0792. The minimum absolute atomic E-state index is 0.0257. The first kappa shape index (κ1) is 11.6. The van der Waals surface area contributed by atoms with Crippen LogP contribution in [0.4, 0.5) is 5.95 Å². The molecule has 0 saturated carbocycles. The highest BCUT2D eigenvalue weighted by atomic mass is 16.2. The van der Waals surface area contributed by atoms with Crippen LogP contribution in [0.5, 0.6) is 0 Å². The van der Waals surface area contributed by atoms with E-state index in [-0.39, 0.29) is 5.91 Å². The van der Waals surface area contributed by atoms with Crippen LogP contribution in [0, 0.1) is 0 Å². The van der Waals surface area contributed by atoms with Gasteiger partial charge in [-0.2, -0.15) is 0 Å². The van der Waals surface area contributed by atoms with Gasteiger partial charge < -0.3 is 10.2 Å². The molecule has 90 valence electrons. The van der Waals surface area contributed by atoms with Crippen LogP contribution in [-0.4, -0.2) is 40.4 Å². The third-order valence-electron chi connectivity index (χ3n) is 2.70. The fourth-order valence-electron chi connectivity index (χ4n) is 1.80. The normalized spacial score (nSPS) is 14.7. The number of aromatic nitrogens is 2. The lowest BCUT2D eigenvalue weighted by Crippen LogP contribution is -2.27. The summed E-state index contributed by atoms with van der Waals surface area (Å²) >= 11 is 0. The molecule has 1 fully saturated rings. The fraction of sp³-hybridized carbons (Fsp3) is 0.417. The van der Waals surface area contributed by atoms with Crippen molar-refractivity contribution in [2.24, 2.45) is 0 Å². The molecule has 2 heterocycles. The van der Waals surface area contributed by atoms with Gasteiger partial charge in [0.2, 0.25) is 5.95 Å².